The molecule has 1 fully saturated rings. The highest BCUT2D eigenvalue weighted by atomic mass is 19.2. The van der Waals surface area contributed by atoms with Crippen molar-refractivity contribution in [2.75, 3.05) is 0 Å². The molecule has 1 aromatic rings. The molecule has 0 unspecified atom stereocenters. The third-order valence-electron chi connectivity index (χ3n) is 3.17. The maximum absolute atomic E-state index is 13.1. The molecule has 2 rings (SSSR count). The molecule has 5 nitrogen and oxygen atoms in total. The second-order valence-corrected chi connectivity index (χ2v) is 4.50. The molecule has 0 spiro atoms. The fourth-order valence-corrected chi connectivity index (χ4v) is 2.20. The maximum Gasteiger partial charge on any atom is 0.285 e. The zero-order valence-corrected chi connectivity index (χ0v) is 9.99. The Morgan fingerprint density at radius 1 is 1.26 bits per heavy atom. The van der Waals surface area contributed by atoms with E-state index in [0.717, 1.165) is 25.7 Å². The first-order valence-electron chi connectivity index (χ1n) is 5.93. The van der Waals surface area contributed by atoms with Crippen molar-refractivity contribution >= 4 is 11.6 Å². The minimum Gasteiger partial charge on any atom is -0.349 e. The highest BCUT2D eigenvalue weighted by molar-refractivity contribution is 5.98. The first kappa shape index (κ1) is 13.4. The molecular formula is C12H12F2N2O3. The van der Waals surface area contributed by atoms with Gasteiger partial charge < -0.3 is 5.32 Å². The third-order valence-corrected chi connectivity index (χ3v) is 3.17. The summed E-state index contributed by atoms with van der Waals surface area (Å²) in [5.74, 6) is -3.36. The van der Waals surface area contributed by atoms with Gasteiger partial charge >= 0.3 is 0 Å². The number of nitrogens with one attached hydrogen (secondary N) is 1. The minimum atomic E-state index is -1.34. The summed E-state index contributed by atoms with van der Waals surface area (Å²) in [4.78, 5) is 21.8. The lowest BCUT2D eigenvalue weighted by atomic mass is 10.1. The Labute approximate surface area is 107 Å². The summed E-state index contributed by atoms with van der Waals surface area (Å²) in [5.41, 5.74) is -1.18. The largest absolute Gasteiger partial charge is 0.349 e. The van der Waals surface area contributed by atoms with Gasteiger partial charge in [0.1, 0.15) is 5.56 Å². The molecular weight excluding hydrogens is 258 g/mol. The summed E-state index contributed by atoms with van der Waals surface area (Å²) >= 11 is 0. The van der Waals surface area contributed by atoms with Gasteiger partial charge in [-0.15, -0.1) is 0 Å². The van der Waals surface area contributed by atoms with Crippen molar-refractivity contribution in [1.29, 1.82) is 0 Å². The lowest BCUT2D eigenvalue weighted by Crippen LogP contribution is -2.33. The molecule has 0 heterocycles. The quantitative estimate of drug-likeness (QED) is 0.677. The molecule has 1 aromatic carbocycles. The molecule has 19 heavy (non-hydrogen) atoms. The molecule has 0 aromatic heterocycles. The zero-order valence-electron chi connectivity index (χ0n) is 9.99. The normalized spacial score (nSPS) is 15.5. The Morgan fingerprint density at radius 3 is 2.42 bits per heavy atom. The standard InChI is InChI=1S/C12H12F2N2O3/c13-9-5-8(11(16(18)19)6-10(9)14)12(17)15-7-3-1-2-4-7/h5-7H,1-4H2,(H,15,17). The Hall–Kier alpha value is -2.05. The smallest absolute Gasteiger partial charge is 0.285 e. The summed E-state index contributed by atoms with van der Waals surface area (Å²) in [6.45, 7) is 0. The second kappa shape index (κ2) is 5.29. The minimum absolute atomic E-state index is 0.0554. The summed E-state index contributed by atoms with van der Waals surface area (Å²) in [7, 11) is 0. The van der Waals surface area contributed by atoms with Crippen LogP contribution < -0.4 is 5.32 Å². The number of nitro groups is 1. The van der Waals surface area contributed by atoms with Crippen LogP contribution in [0.5, 0.6) is 0 Å². The van der Waals surface area contributed by atoms with E-state index in [4.69, 9.17) is 0 Å². The topological polar surface area (TPSA) is 72.2 Å². The Bertz CT molecular complexity index is 528. The van der Waals surface area contributed by atoms with Gasteiger partial charge in [-0.25, -0.2) is 8.78 Å². The van der Waals surface area contributed by atoms with Crippen molar-refractivity contribution in [2.24, 2.45) is 0 Å². The number of halogens is 2. The predicted molar refractivity (Wildman–Crippen MR) is 62.7 cm³/mol. The van der Waals surface area contributed by atoms with Gasteiger partial charge in [-0.3, -0.25) is 14.9 Å². The van der Waals surface area contributed by atoms with Crippen molar-refractivity contribution in [3.05, 3.63) is 39.4 Å². The first-order valence-corrected chi connectivity index (χ1v) is 5.93. The van der Waals surface area contributed by atoms with E-state index in [1.54, 1.807) is 0 Å². The van der Waals surface area contributed by atoms with Gasteiger partial charge in [0, 0.05) is 6.04 Å². The van der Waals surface area contributed by atoms with E-state index in [1.165, 1.54) is 0 Å². The van der Waals surface area contributed by atoms with Crippen LogP contribution in [-0.4, -0.2) is 16.9 Å². The zero-order chi connectivity index (χ0) is 14.0. The van der Waals surface area contributed by atoms with E-state index in [2.05, 4.69) is 5.32 Å². The van der Waals surface area contributed by atoms with Gasteiger partial charge in [0.05, 0.1) is 11.0 Å². The van der Waals surface area contributed by atoms with Crippen molar-refractivity contribution in [3.8, 4) is 0 Å². The number of rotatable bonds is 3. The molecule has 0 radical (unpaired) electrons. The molecule has 1 N–H and O–H groups in total. The van der Waals surface area contributed by atoms with Crippen LogP contribution in [0, 0.1) is 21.7 Å². The monoisotopic (exact) mass is 270 g/mol. The van der Waals surface area contributed by atoms with Crippen LogP contribution in [0.4, 0.5) is 14.5 Å². The molecule has 1 aliphatic rings. The fraction of sp³-hybridized carbons (Fsp3) is 0.417. The molecule has 0 aliphatic heterocycles. The van der Waals surface area contributed by atoms with Crippen LogP contribution in [0.2, 0.25) is 0 Å². The van der Waals surface area contributed by atoms with Crippen molar-refractivity contribution in [3.63, 3.8) is 0 Å². The molecule has 102 valence electrons. The van der Waals surface area contributed by atoms with Crippen LogP contribution in [0.3, 0.4) is 0 Å². The predicted octanol–water partition coefficient (Wildman–Crippen LogP) is 2.55. The number of nitro benzene ring substituents is 1. The van der Waals surface area contributed by atoms with Crippen LogP contribution in [0.15, 0.2) is 12.1 Å². The highest BCUT2D eigenvalue weighted by Gasteiger charge is 2.26. The van der Waals surface area contributed by atoms with Crippen molar-refractivity contribution < 1.29 is 18.5 Å². The molecule has 1 aliphatic carbocycles. The van der Waals surface area contributed by atoms with E-state index in [0.29, 0.717) is 12.1 Å². The average molecular weight is 270 g/mol. The highest BCUT2D eigenvalue weighted by Crippen LogP contribution is 2.24. The van der Waals surface area contributed by atoms with E-state index >= 15 is 0 Å². The molecule has 0 bridgehead atoms. The summed E-state index contributed by atoms with van der Waals surface area (Å²) in [5, 5.41) is 13.4. The van der Waals surface area contributed by atoms with Gasteiger partial charge in [0.25, 0.3) is 11.6 Å². The average Bonchev–Trinajstić information content (AvgIpc) is 2.84. The molecule has 0 saturated heterocycles. The van der Waals surface area contributed by atoms with Crippen LogP contribution in [0.25, 0.3) is 0 Å². The van der Waals surface area contributed by atoms with Gasteiger partial charge in [0.15, 0.2) is 11.6 Å². The summed E-state index contributed by atoms with van der Waals surface area (Å²) in [6, 6.07) is 0.941. The number of carbonyl (C=O) groups is 1. The molecule has 0 atom stereocenters. The number of nitrogens with zero attached hydrogens (tertiary/aromatic N) is 1. The molecule has 1 saturated carbocycles. The van der Waals surface area contributed by atoms with E-state index in [1.807, 2.05) is 0 Å². The maximum atomic E-state index is 13.1. The van der Waals surface area contributed by atoms with Crippen molar-refractivity contribution in [2.45, 2.75) is 31.7 Å². The van der Waals surface area contributed by atoms with Gasteiger partial charge in [0.2, 0.25) is 0 Å². The number of hydrogen-bond donors (Lipinski definition) is 1. The number of carbonyl (C=O) groups excluding carboxylic acids is 1. The Balaban J connectivity index is 2.28. The Kier molecular flexibility index (Phi) is 3.73. The van der Waals surface area contributed by atoms with E-state index in [9.17, 15) is 23.7 Å². The second-order valence-electron chi connectivity index (χ2n) is 4.50. The van der Waals surface area contributed by atoms with Crippen LogP contribution in [-0.2, 0) is 0 Å². The van der Waals surface area contributed by atoms with Gasteiger partial charge in [-0.2, -0.15) is 0 Å². The van der Waals surface area contributed by atoms with Crippen LogP contribution in [0.1, 0.15) is 36.0 Å². The third kappa shape index (κ3) is 2.86. The number of amides is 1. The lowest BCUT2D eigenvalue weighted by molar-refractivity contribution is -0.385. The number of hydrogen-bond acceptors (Lipinski definition) is 3. The summed E-state index contributed by atoms with van der Waals surface area (Å²) in [6.07, 6.45) is 3.54. The first-order chi connectivity index (χ1) is 8.99. The van der Waals surface area contributed by atoms with Crippen LogP contribution >= 0.6 is 0 Å². The summed E-state index contributed by atoms with van der Waals surface area (Å²) < 4.78 is 26.1. The number of benzene rings is 1. The van der Waals surface area contributed by atoms with Crippen molar-refractivity contribution in [1.82, 2.24) is 5.32 Å². The fourth-order valence-electron chi connectivity index (χ4n) is 2.20. The van der Waals surface area contributed by atoms with E-state index in [-0.39, 0.29) is 6.04 Å². The van der Waals surface area contributed by atoms with Gasteiger partial charge in [-0.05, 0) is 18.9 Å². The van der Waals surface area contributed by atoms with Gasteiger partial charge in [-0.1, -0.05) is 12.8 Å². The molecule has 7 heteroatoms. The Morgan fingerprint density at radius 2 is 1.84 bits per heavy atom. The molecule has 1 amide bonds. The lowest BCUT2D eigenvalue weighted by Gasteiger charge is -2.12. The SMILES string of the molecule is O=C(NC1CCCC1)c1cc(F)c(F)cc1[N+](=O)[O-]. The van der Waals surface area contributed by atoms with E-state index < -0.39 is 33.7 Å².